The van der Waals surface area contributed by atoms with Crippen LogP contribution >= 0.6 is 0 Å². The zero-order valence-electron chi connectivity index (χ0n) is 8.53. The molecule has 1 aliphatic rings. The molecule has 1 fully saturated rings. The third kappa shape index (κ3) is 1.30. The van der Waals surface area contributed by atoms with Crippen LogP contribution in [0, 0.1) is 5.92 Å². The topological polar surface area (TPSA) is 46.2 Å². The lowest BCUT2D eigenvalue weighted by Gasteiger charge is -2.29. The van der Waals surface area contributed by atoms with Crippen molar-refractivity contribution in [3.05, 3.63) is 29.8 Å². The highest BCUT2D eigenvalue weighted by molar-refractivity contribution is 5.50. The molecule has 2 atom stereocenters. The molecule has 2 nitrogen and oxygen atoms in total. The first-order valence-electron chi connectivity index (χ1n) is 5.22. The molecule has 2 rings (SSSR count). The maximum atomic E-state index is 10.5. The SMILES string of the molecule is C[C@@H]1CCC[C@@]1(O)c1ccccc1N. The van der Waals surface area contributed by atoms with Gasteiger partial charge in [-0.15, -0.1) is 0 Å². The summed E-state index contributed by atoms with van der Waals surface area (Å²) >= 11 is 0. The molecule has 1 aliphatic carbocycles. The number of hydrogen-bond donors (Lipinski definition) is 2. The van der Waals surface area contributed by atoms with Crippen molar-refractivity contribution in [3.8, 4) is 0 Å². The van der Waals surface area contributed by atoms with Gasteiger partial charge in [0, 0.05) is 11.3 Å². The summed E-state index contributed by atoms with van der Waals surface area (Å²) in [5, 5.41) is 10.5. The van der Waals surface area contributed by atoms with E-state index in [1.54, 1.807) is 0 Å². The summed E-state index contributed by atoms with van der Waals surface area (Å²) in [6.07, 6.45) is 3.01. The molecule has 3 N–H and O–H groups in total. The molecule has 1 aromatic rings. The molecule has 0 amide bonds. The van der Waals surface area contributed by atoms with Gasteiger partial charge in [-0.1, -0.05) is 25.1 Å². The molecule has 14 heavy (non-hydrogen) atoms. The Kier molecular flexibility index (Phi) is 2.23. The number of nitrogen functional groups attached to an aromatic ring is 1. The van der Waals surface area contributed by atoms with Gasteiger partial charge in [-0.2, -0.15) is 0 Å². The minimum atomic E-state index is -0.689. The normalized spacial score (nSPS) is 32.0. The van der Waals surface area contributed by atoms with Crippen LogP contribution in [0.2, 0.25) is 0 Å². The fourth-order valence-electron chi connectivity index (χ4n) is 2.45. The van der Waals surface area contributed by atoms with Crippen LogP contribution in [0.3, 0.4) is 0 Å². The van der Waals surface area contributed by atoms with E-state index in [1.807, 2.05) is 24.3 Å². The maximum Gasteiger partial charge on any atom is 0.0941 e. The van der Waals surface area contributed by atoms with E-state index in [4.69, 9.17) is 5.73 Å². The Morgan fingerprint density at radius 3 is 2.71 bits per heavy atom. The van der Waals surface area contributed by atoms with Crippen LogP contribution in [-0.2, 0) is 5.60 Å². The van der Waals surface area contributed by atoms with E-state index in [1.165, 1.54) is 0 Å². The van der Waals surface area contributed by atoms with Crippen LogP contribution in [0.4, 0.5) is 5.69 Å². The van der Waals surface area contributed by atoms with Gasteiger partial charge in [-0.25, -0.2) is 0 Å². The zero-order valence-corrected chi connectivity index (χ0v) is 8.53. The average molecular weight is 191 g/mol. The van der Waals surface area contributed by atoms with E-state index in [-0.39, 0.29) is 0 Å². The van der Waals surface area contributed by atoms with E-state index < -0.39 is 5.60 Å². The second-order valence-electron chi connectivity index (χ2n) is 4.30. The Morgan fingerprint density at radius 1 is 1.43 bits per heavy atom. The van der Waals surface area contributed by atoms with Crippen LogP contribution in [0.1, 0.15) is 31.7 Å². The fourth-order valence-corrected chi connectivity index (χ4v) is 2.45. The molecular formula is C12H17NO. The smallest absolute Gasteiger partial charge is 0.0941 e. The van der Waals surface area contributed by atoms with Crippen molar-refractivity contribution in [2.45, 2.75) is 31.8 Å². The second-order valence-corrected chi connectivity index (χ2v) is 4.30. The predicted molar refractivity (Wildman–Crippen MR) is 57.8 cm³/mol. The number of aliphatic hydroxyl groups is 1. The van der Waals surface area contributed by atoms with Crippen molar-refractivity contribution in [1.29, 1.82) is 0 Å². The molecule has 76 valence electrons. The standard InChI is InChI=1S/C12H17NO/c1-9-5-4-8-12(9,14)10-6-2-3-7-11(10)13/h2-3,6-7,9,14H,4-5,8,13H2,1H3/t9-,12+/m1/s1. The van der Waals surface area contributed by atoms with Gasteiger partial charge in [0.2, 0.25) is 0 Å². The molecule has 0 bridgehead atoms. The number of anilines is 1. The lowest BCUT2D eigenvalue weighted by atomic mass is 9.84. The van der Waals surface area contributed by atoms with Gasteiger partial charge in [-0.3, -0.25) is 0 Å². The second kappa shape index (κ2) is 3.28. The molecule has 1 saturated carbocycles. The first-order chi connectivity index (χ1) is 6.64. The van der Waals surface area contributed by atoms with E-state index in [0.29, 0.717) is 11.6 Å². The van der Waals surface area contributed by atoms with Crippen molar-refractivity contribution < 1.29 is 5.11 Å². The highest BCUT2D eigenvalue weighted by Gasteiger charge is 2.40. The molecule has 1 aromatic carbocycles. The Hall–Kier alpha value is -1.02. The van der Waals surface area contributed by atoms with Crippen molar-refractivity contribution >= 4 is 5.69 Å². The third-order valence-corrected chi connectivity index (χ3v) is 3.44. The largest absolute Gasteiger partial charge is 0.398 e. The van der Waals surface area contributed by atoms with Gasteiger partial charge in [0.05, 0.1) is 5.60 Å². The van der Waals surface area contributed by atoms with Crippen LogP contribution in [0.15, 0.2) is 24.3 Å². The molecule has 2 heteroatoms. The fraction of sp³-hybridized carbons (Fsp3) is 0.500. The Labute approximate surface area is 84.7 Å². The highest BCUT2D eigenvalue weighted by atomic mass is 16.3. The van der Waals surface area contributed by atoms with Gasteiger partial charge in [0.1, 0.15) is 0 Å². The molecule has 0 heterocycles. The van der Waals surface area contributed by atoms with E-state index in [2.05, 4.69) is 6.92 Å². The average Bonchev–Trinajstić information content (AvgIpc) is 2.49. The van der Waals surface area contributed by atoms with Gasteiger partial charge in [-0.05, 0) is 31.2 Å². The number of benzene rings is 1. The maximum absolute atomic E-state index is 10.5. The van der Waals surface area contributed by atoms with E-state index in [9.17, 15) is 5.11 Å². The first-order valence-corrected chi connectivity index (χ1v) is 5.22. The molecular weight excluding hydrogens is 174 g/mol. The van der Waals surface area contributed by atoms with Gasteiger partial charge in [0.25, 0.3) is 0 Å². The Morgan fingerprint density at radius 2 is 2.14 bits per heavy atom. The van der Waals surface area contributed by atoms with Crippen LogP contribution < -0.4 is 5.73 Å². The molecule has 0 aromatic heterocycles. The highest BCUT2D eigenvalue weighted by Crippen LogP contribution is 2.44. The van der Waals surface area contributed by atoms with Crippen LogP contribution in [-0.4, -0.2) is 5.11 Å². The summed E-state index contributed by atoms with van der Waals surface area (Å²) in [5.41, 5.74) is 6.82. The van der Waals surface area contributed by atoms with Gasteiger partial charge in [0.15, 0.2) is 0 Å². The summed E-state index contributed by atoms with van der Waals surface area (Å²) in [6, 6.07) is 7.64. The molecule has 0 aliphatic heterocycles. The summed E-state index contributed by atoms with van der Waals surface area (Å²) in [6.45, 7) is 2.10. The van der Waals surface area contributed by atoms with Crippen LogP contribution in [0.5, 0.6) is 0 Å². The first kappa shape index (κ1) is 9.53. The van der Waals surface area contributed by atoms with Crippen molar-refractivity contribution in [1.82, 2.24) is 0 Å². The molecule has 0 radical (unpaired) electrons. The number of nitrogens with two attached hydrogens (primary N) is 1. The molecule has 0 saturated heterocycles. The molecule has 0 unspecified atom stereocenters. The minimum Gasteiger partial charge on any atom is -0.398 e. The zero-order chi connectivity index (χ0) is 10.2. The van der Waals surface area contributed by atoms with E-state index in [0.717, 1.165) is 24.8 Å². The molecule has 0 spiro atoms. The quantitative estimate of drug-likeness (QED) is 0.669. The van der Waals surface area contributed by atoms with E-state index >= 15 is 0 Å². The summed E-state index contributed by atoms with van der Waals surface area (Å²) in [5.74, 6) is 0.312. The van der Waals surface area contributed by atoms with Gasteiger partial charge >= 0.3 is 0 Å². The lowest BCUT2D eigenvalue weighted by Crippen LogP contribution is -2.29. The number of rotatable bonds is 1. The van der Waals surface area contributed by atoms with Crippen molar-refractivity contribution in [2.75, 3.05) is 5.73 Å². The number of hydrogen-bond acceptors (Lipinski definition) is 2. The third-order valence-electron chi connectivity index (χ3n) is 3.44. The monoisotopic (exact) mass is 191 g/mol. The Balaban J connectivity index is 2.43. The number of para-hydroxylation sites is 1. The predicted octanol–water partition coefficient (Wildman–Crippen LogP) is 2.28. The summed E-state index contributed by atoms with van der Waals surface area (Å²) in [7, 11) is 0. The minimum absolute atomic E-state index is 0.312. The lowest BCUT2D eigenvalue weighted by molar-refractivity contribution is 0.00523. The van der Waals surface area contributed by atoms with Gasteiger partial charge < -0.3 is 10.8 Å². The summed E-state index contributed by atoms with van der Waals surface area (Å²) in [4.78, 5) is 0. The van der Waals surface area contributed by atoms with Crippen molar-refractivity contribution in [3.63, 3.8) is 0 Å². The van der Waals surface area contributed by atoms with Crippen molar-refractivity contribution in [2.24, 2.45) is 5.92 Å². The summed E-state index contributed by atoms with van der Waals surface area (Å²) < 4.78 is 0. The van der Waals surface area contributed by atoms with Crippen LogP contribution in [0.25, 0.3) is 0 Å². The Bertz CT molecular complexity index is 337.